The number of aliphatic hydroxyl groups excluding tert-OH is 1. The molecule has 0 radical (unpaired) electrons. The topological polar surface area (TPSA) is 88.2 Å². The first-order valence-electron chi connectivity index (χ1n) is 6.29. The number of aliphatic hydroxyl groups is 1. The number of aromatic nitrogens is 1. The average molecular weight is 269 g/mol. The summed E-state index contributed by atoms with van der Waals surface area (Å²) in [4.78, 5) is 16.1. The van der Waals surface area contributed by atoms with Crippen LogP contribution in [0, 0.1) is 5.92 Å². The Hall–Kier alpha value is -0.980. The molecule has 2 unspecified atom stereocenters. The minimum Gasteiger partial charge on any atom is -0.393 e. The zero-order valence-electron chi connectivity index (χ0n) is 10.3. The highest BCUT2D eigenvalue weighted by atomic mass is 32.1. The number of carbonyl (C=O) groups is 1. The standard InChI is InChI=1S/C12H19N3O2S/c13-4-3-11-15-10(7-18-11)12(17)14-6-8-1-2-9(16)5-8/h7-9,16H,1-6,13H2,(H,14,17). The van der Waals surface area contributed by atoms with Gasteiger partial charge in [-0.3, -0.25) is 4.79 Å². The first-order chi connectivity index (χ1) is 8.69. The summed E-state index contributed by atoms with van der Waals surface area (Å²) >= 11 is 1.47. The second-order valence-corrected chi connectivity index (χ2v) is 5.65. The van der Waals surface area contributed by atoms with Crippen molar-refractivity contribution in [2.75, 3.05) is 13.1 Å². The minimum atomic E-state index is -0.192. The summed E-state index contributed by atoms with van der Waals surface area (Å²) in [5, 5.41) is 15.0. The van der Waals surface area contributed by atoms with Crippen molar-refractivity contribution in [3.05, 3.63) is 16.1 Å². The number of carbonyl (C=O) groups excluding carboxylic acids is 1. The molecule has 2 rings (SSSR count). The number of rotatable bonds is 5. The summed E-state index contributed by atoms with van der Waals surface area (Å²) in [6.45, 7) is 1.17. The van der Waals surface area contributed by atoms with Crippen molar-refractivity contribution in [2.24, 2.45) is 11.7 Å². The van der Waals surface area contributed by atoms with Gasteiger partial charge in [0, 0.05) is 18.3 Å². The molecule has 2 atom stereocenters. The van der Waals surface area contributed by atoms with Gasteiger partial charge in [-0.15, -0.1) is 11.3 Å². The molecule has 1 aromatic rings. The molecule has 1 aromatic heterocycles. The van der Waals surface area contributed by atoms with Gasteiger partial charge in [-0.05, 0) is 31.7 Å². The molecular weight excluding hydrogens is 250 g/mol. The Bertz CT molecular complexity index is 408. The highest BCUT2D eigenvalue weighted by Crippen LogP contribution is 2.24. The van der Waals surface area contributed by atoms with Crippen LogP contribution in [-0.2, 0) is 6.42 Å². The normalized spacial score (nSPS) is 23.2. The van der Waals surface area contributed by atoms with Crippen LogP contribution in [0.2, 0.25) is 0 Å². The van der Waals surface area contributed by atoms with Crippen LogP contribution >= 0.6 is 11.3 Å². The predicted molar refractivity (Wildman–Crippen MR) is 70.6 cm³/mol. The van der Waals surface area contributed by atoms with E-state index in [0.717, 1.165) is 24.3 Å². The number of amides is 1. The average Bonchev–Trinajstić information content (AvgIpc) is 2.96. The Kier molecular flexibility index (Phi) is 4.68. The van der Waals surface area contributed by atoms with E-state index >= 15 is 0 Å². The fraction of sp³-hybridized carbons (Fsp3) is 0.667. The third-order valence-corrected chi connectivity index (χ3v) is 4.12. The monoisotopic (exact) mass is 269 g/mol. The lowest BCUT2D eigenvalue weighted by molar-refractivity contribution is 0.0940. The van der Waals surface area contributed by atoms with Gasteiger partial charge in [0.05, 0.1) is 11.1 Å². The summed E-state index contributed by atoms with van der Waals surface area (Å²) < 4.78 is 0. The second-order valence-electron chi connectivity index (χ2n) is 4.71. The first-order valence-corrected chi connectivity index (χ1v) is 7.17. The van der Waals surface area contributed by atoms with Crippen molar-refractivity contribution in [3.63, 3.8) is 0 Å². The lowest BCUT2D eigenvalue weighted by atomic mass is 10.1. The molecule has 0 spiro atoms. The van der Waals surface area contributed by atoms with E-state index in [-0.39, 0.29) is 12.0 Å². The summed E-state index contributed by atoms with van der Waals surface area (Å²) in [6.07, 6.45) is 3.14. The zero-order valence-corrected chi connectivity index (χ0v) is 11.1. The smallest absolute Gasteiger partial charge is 0.270 e. The number of nitrogens with two attached hydrogens (primary N) is 1. The molecule has 1 saturated carbocycles. The van der Waals surface area contributed by atoms with Gasteiger partial charge in [0.1, 0.15) is 5.69 Å². The maximum Gasteiger partial charge on any atom is 0.270 e. The van der Waals surface area contributed by atoms with E-state index in [9.17, 15) is 9.90 Å². The van der Waals surface area contributed by atoms with Crippen molar-refractivity contribution in [1.29, 1.82) is 0 Å². The van der Waals surface area contributed by atoms with E-state index < -0.39 is 0 Å². The largest absolute Gasteiger partial charge is 0.393 e. The van der Waals surface area contributed by atoms with Gasteiger partial charge >= 0.3 is 0 Å². The number of nitrogens with zero attached hydrogens (tertiary/aromatic N) is 1. The molecule has 1 aliphatic carbocycles. The number of nitrogens with one attached hydrogen (secondary N) is 1. The van der Waals surface area contributed by atoms with Gasteiger partial charge in [-0.1, -0.05) is 0 Å². The molecule has 0 bridgehead atoms. The highest BCUT2D eigenvalue weighted by molar-refractivity contribution is 7.09. The van der Waals surface area contributed by atoms with Gasteiger partial charge in [0.15, 0.2) is 0 Å². The zero-order chi connectivity index (χ0) is 13.0. The molecular formula is C12H19N3O2S. The van der Waals surface area contributed by atoms with Gasteiger partial charge in [0.2, 0.25) is 0 Å². The highest BCUT2D eigenvalue weighted by Gasteiger charge is 2.23. The third-order valence-electron chi connectivity index (χ3n) is 3.21. The molecule has 5 nitrogen and oxygen atoms in total. The lowest BCUT2D eigenvalue weighted by Crippen LogP contribution is -2.28. The maximum atomic E-state index is 11.8. The summed E-state index contributed by atoms with van der Waals surface area (Å²) in [5.74, 6) is 0.266. The molecule has 0 aromatic carbocycles. The Labute approximate surface area is 110 Å². The SMILES string of the molecule is NCCc1nc(C(=O)NCC2CCC(O)C2)cs1. The van der Waals surface area contributed by atoms with Crippen LogP contribution in [0.1, 0.15) is 34.8 Å². The predicted octanol–water partition coefficient (Wildman–Crippen LogP) is 0.535. The Balaban J connectivity index is 1.80. The number of hydrogen-bond donors (Lipinski definition) is 3. The van der Waals surface area contributed by atoms with Crippen LogP contribution in [0.25, 0.3) is 0 Å². The van der Waals surface area contributed by atoms with E-state index in [2.05, 4.69) is 10.3 Å². The van der Waals surface area contributed by atoms with Gasteiger partial charge < -0.3 is 16.2 Å². The fourth-order valence-electron chi connectivity index (χ4n) is 2.22. The van der Waals surface area contributed by atoms with E-state index in [1.807, 2.05) is 0 Å². The second kappa shape index (κ2) is 6.26. The maximum absolute atomic E-state index is 11.8. The third kappa shape index (κ3) is 3.51. The van der Waals surface area contributed by atoms with Gasteiger partial charge in [-0.25, -0.2) is 4.98 Å². The minimum absolute atomic E-state index is 0.129. The molecule has 1 fully saturated rings. The molecule has 1 amide bonds. The number of thiazole rings is 1. The van der Waals surface area contributed by atoms with Crippen molar-refractivity contribution in [1.82, 2.24) is 10.3 Å². The molecule has 4 N–H and O–H groups in total. The van der Waals surface area contributed by atoms with E-state index in [4.69, 9.17) is 5.73 Å². The summed E-state index contributed by atoms with van der Waals surface area (Å²) in [5.41, 5.74) is 5.92. The van der Waals surface area contributed by atoms with Crippen LogP contribution in [0.5, 0.6) is 0 Å². The Morgan fingerprint density at radius 2 is 2.44 bits per heavy atom. The van der Waals surface area contributed by atoms with E-state index in [1.165, 1.54) is 11.3 Å². The van der Waals surface area contributed by atoms with Crippen LogP contribution in [0.15, 0.2) is 5.38 Å². The quantitative estimate of drug-likeness (QED) is 0.728. The van der Waals surface area contributed by atoms with Crippen molar-refractivity contribution >= 4 is 17.2 Å². The van der Waals surface area contributed by atoms with Gasteiger partial charge in [-0.2, -0.15) is 0 Å². The Morgan fingerprint density at radius 3 is 3.11 bits per heavy atom. The molecule has 0 aliphatic heterocycles. The molecule has 1 aliphatic rings. The summed E-state index contributed by atoms with van der Waals surface area (Å²) in [6, 6.07) is 0. The van der Waals surface area contributed by atoms with Crippen molar-refractivity contribution in [3.8, 4) is 0 Å². The van der Waals surface area contributed by atoms with Crippen molar-refractivity contribution < 1.29 is 9.90 Å². The van der Waals surface area contributed by atoms with Crippen LogP contribution < -0.4 is 11.1 Å². The van der Waals surface area contributed by atoms with E-state index in [1.54, 1.807) is 5.38 Å². The molecule has 18 heavy (non-hydrogen) atoms. The molecule has 6 heteroatoms. The fourth-order valence-corrected chi connectivity index (χ4v) is 3.01. The number of hydrogen-bond acceptors (Lipinski definition) is 5. The molecule has 0 saturated heterocycles. The lowest BCUT2D eigenvalue weighted by Gasteiger charge is -2.09. The van der Waals surface area contributed by atoms with Crippen LogP contribution in [0.4, 0.5) is 0 Å². The van der Waals surface area contributed by atoms with Crippen LogP contribution in [0.3, 0.4) is 0 Å². The summed E-state index contributed by atoms with van der Waals surface area (Å²) in [7, 11) is 0. The molecule has 100 valence electrons. The molecule has 1 heterocycles. The van der Waals surface area contributed by atoms with Crippen LogP contribution in [-0.4, -0.2) is 35.2 Å². The Morgan fingerprint density at radius 1 is 1.61 bits per heavy atom. The van der Waals surface area contributed by atoms with Crippen molar-refractivity contribution in [2.45, 2.75) is 31.8 Å². The first kappa shape index (κ1) is 13.5. The van der Waals surface area contributed by atoms with E-state index in [0.29, 0.717) is 31.1 Å². The van der Waals surface area contributed by atoms with Gasteiger partial charge in [0.25, 0.3) is 5.91 Å².